The molecule has 4 fully saturated rings. The van der Waals surface area contributed by atoms with E-state index in [9.17, 15) is 9.90 Å². The highest BCUT2D eigenvalue weighted by Gasteiger charge is 2.50. The lowest BCUT2D eigenvalue weighted by Gasteiger charge is -2.57. The van der Waals surface area contributed by atoms with Gasteiger partial charge in [0, 0.05) is 11.3 Å². The van der Waals surface area contributed by atoms with Gasteiger partial charge in [0.25, 0.3) is 0 Å². The molecule has 2 N–H and O–H groups in total. The maximum Gasteiger partial charge on any atom is 0.356 e. The van der Waals surface area contributed by atoms with Gasteiger partial charge in [0.1, 0.15) is 5.82 Å². The molecule has 1 heterocycles. The number of nitrogens with one attached hydrogen (secondary N) is 1. The van der Waals surface area contributed by atoms with Gasteiger partial charge in [-0.3, -0.25) is 0 Å². The van der Waals surface area contributed by atoms with Crippen LogP contribution in [0.4, 0.5) is 0 Å². The quantitative estimate of drug-likeness (QED) is 0.718. The van der Waals surface area contributed by atoms with Gasteiger partial charge in [-0.05, 0) is 99.5 Å². The molecular weight excluding hydrogens is 348 g/mol. The fraction of sp³-hybridized carbons (Fsp3) is 0.583. The highest BCUT2D eigenvalue weighted by molar-refractivity contribution is 5.88. The van der Waals surface area contributed by atoms with E-state index in [0.29, 0.717) is 11.2 Å². The summed E-state index contributed by atoms with van der Waals surface area (Å²) < 4.78 is 0. The van der Waals surface area contributed by atoms with Gasteiger partial charge in [0.15, 0.2) is 5.69 Å². The zero-order valence-electron chi connectivity index (χ0n) is 16.9. The summed E-state index contributed by atoms with van der Waals surface area (Å²) in [6, 6.07) is 6.14. The van der Waals surface area contributed by atoms with Crippen LogP contribution >= 0.6 is 0 Å². The topological polar surface area (TPSA) is 66.0 Å². The average molecular weight is 379 g/mol. The summed E-state index contributed by atoms with van der Waals surface area (Å²) in [5.41, 5.74) is 4.75. The number of carbonyl (C=O) groups is 1. The first-order chi connectivity index (χ1) is 13.4. The van der Waals surface area contributed by atoms with Crippen molar-refractivity contribution in [1.82, 2.24) is 9.97 Å². The van der Waals surface area contributed by atoms with E-state index in [0.717, 1.165) is 53.0 Å². The molecule has 0 atom stereocenters. The molecule has 4 aliphatic carbocycles. The van der Waals surface area contributed by atoms with Crippen LogP contribution in [0.25, 0.3) is 11.4 Å². The van der Waals surface area contributed by atoms with Crippen LogP contribution in [0.2, 0.25) is 0 Å². The number of hydrogen-bond donors (Lipinski definition) is 2. The van der Waals surface area contributed by atoms with E-state index in [-0.39, 0.29) is 5.69 Å². The van der Waals surface area contributed by atoms with Crippen LogP contribution in [0.5, 0.6) is 0 Å². The Hall–Kier alpha value is -2.10. The van der Waals surface area contributed by atoms with Gasteiger partial charge in [0.2, 0.25) is 0 Å². The van der Waals surface area contributed by atoms with E-state index in [4.69, 9.17) is 0 Å². The Balaban J connectivity index is 1.42. The Kier molecular flexibility index (Phi) is 4.15. The number of benzene rings is 1. The lowest BCUT2D eigenvalue weighted by molar-refractivity contribution is -0.0571. The van der Waals surface area contributed by atoms with Crippen LogP contribution in [-0.4, -0.2) is 21.0 Å². The molecule has 1 aromatic heterocycles. The normalized spacial score (nSPS) is 30.7. The zero-order chi connectivity index (χ0) is 19.5. The number of aromatic nitrogens is 2. The van der Waals surface area contributed by atoms with Crippen LogP contribution in [-0.2, 0) is 6.42 Å². The molecule has 0 spiro atoms. The zero-order valence-corrected chi connectivity index (χ0v) is 16.9. The molecule has 0 amide bonds. The number of aromatic amines is 1. The Morgan fingerprint density at radius 1 is 1.11 bits per heavy atom. The number of hydrogen-bond acceptors (Lipinski definition) is 2. The maximum absolute atomic E-state index is 11.9. The summed E-state index contributed by atoms with van der Waals surface area (Å²) in [5.74, 6) is 2.56. The van der Waals surface area contributed by atoms with Gasteiger partial charge in [-0.2, -0.15) is 0 Å². The minimum Gasteiger partial charge on any atom is -0.476 e. The summed E-state index contributed by atoms with van der Waals surface area (Å²) in [5, 5.41) is 9.74. The van der Waals surface area contributed by atoms with Crippen molar-refractivity contribution in [3.8, 4) is 11.4 Å². The van der Waals surface area contributed by atoms with Crippen LogP contribution < -0.4 is 0 Å². The first-order valence-electron chi connectivity index (χ1n) is 10.8. The van der Waals surface area contributed by atoms with Crippen LogP contribution in [0.1, 0.15) is 72.3 Å². The molecule has 148 valence electrons. The summed E-state index contributed by atoms with van der Waals surface area (Å²) in [6.45, 7) is 4.11. The van der Waals surface area contributed by atoms with Crippen LogP contribution in [0.3, 0.4) is 0 Å². The molecular formula is C24H30N2O2. The number of carboxylic acids is 1. The van der Waals surface area contributed by atoms with Gasteiger partial charge < -0.3 is 10.1 Å². The average Bonchev–Trinajstić information content (AvgIpc) is 3.03. The fourth-order valence-electron chi connectivity index (χ4n) is 7.06. The van der Waals surface area contributed by atoms with Gasteiger partial charge >= 0.3 is 5.97 Å². The summed E-state index contributed by atoms with van der Waals surface area (Å²) in [6.07, 6.45) is 10.3. The number of imidazole rings is 1. The second-order valence-corrected chi connectivity index (χ2v) is 9.90. The van der Waals surface area contributed by atoms with Gasteiger partial charge in [0.05, 0.1) is 0 Å². The third-order valence-electron chi connectivity index (χ3n) is 7.77. The summed E-state index contributed by atoms with van der Waals surface area (Å²) >= 11 is 0. The van der Waals surface area contributed by atoms with E-state index in [1.54, 1.807) is 0 Å². The molecule has 4 aliphatic rings. The maximum atomic E-state index is 11.9. The number of nitrogens with zero attached hydrogens (tertiary/aromatic N) is 1. The standard InChI is InChI=1S/C24H30N2O2/c1-14-4-3-5-15(2)20(14)22-25-19(21(26-22)23(27)28)6-7-24-11-16-8-17(12-24)10-18(9-16)13-24/h3-5,16-18H,6-13H2,1-2H3,(H,25,26)(H,27,28). The van der Waals surface area contributed by atoms with E-state index < -0.39 is 5.97 Å². The number of aryl methyl sites for hydroxylation is 3. The van der Waals surface area contributed by atoms with Crippen molar-refractivity contribution < 1.29 is 9.90 Å². The molecule has 2 aromatic rings. The van der Waals surface area contributed by atoms with Crippen LogP contribution in [0.15, 0.2) is 18.2 Å². The Morgan fingerprint density at radius 3 is 2.21 bits per heavy atom. The second-order valence-electron chi connectivity index (χ2n) is 9.90. The van der Waals surface area contributed by atoms with E-state index in [1.165, 1.54) is 38.5 Å². The summed E-state index contributed by atoms with van der Waals surface area (Å²) in [7, 11) is 0. The molecule has 0 saturated heterocycles. The number of H-pyrrole nitrogens is 1. The number of rotatable bonds is 5. The number of carboxylic acid groups (broad SMARTS) is 1. The molecule has 4 heteroatoms. The Morgan fingerprint density at radius 2 is 1.68 bits per heavy atom. The molecule has 4 saturated carbocycles. The van der Waals surface area contributed by atoms with Crippen molar-refractivity contribution in [3.05, 3.63) is 40.7 Å². The predicted molar refractivity (Wildman–Crippen MR) is 109 cm³/mol. The summed E-state index contributed by atoms with van der Waals surface area (Å²) in [4.78, 5) is 19.8. The van der Waals surface area contributed by atoms with Crippen molar-refractivity contribution in [2.24, 2.45) is 23.2 Å². The Labute approximate surface area is 166 Å². The smallest absolute Gasteiger partial charge is 0.356 e. The molecule has 0 radical (unpaired) electrons. The predicted octanol–water partition coefficient (Wildman–Crippen LogP) is 5.54. The molecule has 4 bridgehead atoms. The largest absolute Gasteiger partial charge is 0.476 e. The third-order valence-corrected chi connectivity index (χ3v) is 7.77. The van der Waals surface area contributed by atoms with Gasteiger partial charge in [-0.15, -0.1) is 0 Å². The van der Waals surface area contributed by atoms with Crippen molar-refractivity contribution in [3.63, 3.8) is 0 Å². The first-order valence-corrected chi connectivity index (χ1v) is 10.8. The van der Waals surface area contributed by atoms with Gasteiger partial charge in [-0.1, -0.05) is 18.2 Å². The van der Waals surface area contributed by atoms with Crippen molar-refractivity contribution >= 4 is 5.97 Å². The van der Waals surface area contributed by atoms with E-state index in [1.807, 2.05) is 6.07 Å². The van der Waals surface area contributed by atoms with Crippen LogP contribution in [0, 0.1) is 37.0 Å². The lowest BCUT2D eigenvalue weighted by atomic mass is 9.48. The molecule has 1 aromatic carbocycles. The number of aromatic carboxylic acids is 1. The van der Waals surface area contributed by atoms with Crippen molar-refractivity contribution in [1.29, 1.82) is 0 Å². The second kappa shape index (κ2) is 6.47. The molecule has 0 aliphatic heterocycles. The highest BCUT2D eigenvalue weighted by Crippen LogP contribution is 2.61. The fourth-order valence-corrected chi connectivity index (χ4v) is 7.06. The monoisotopic (exact) mass is 378 g/mol. The van der Waals surface area contributed by atoms with Crippen molar-refractivity contribution in [2.45, 2.75) is 65.2 Å². The molecule has 4 nitrogen and oxygen atoms in total. The molecule has 28 heavy (non-hydrogen) atoms. The third kappa shape index (κ3) is 2.98. The molecule has 0 unspecified atom stereocenters. The van der Waals surface area contributed by atoms with Crippen molar-refractivity contribution in [2.75, 3.05) is 0 Å². The van der Waals surface area contributed by atoms with E-state index in [2.05, 4.69) is 35.9 Å². The minimum absolute atomic E-state index is 0.211. The molecule has 6 rings (SSSR count). The van der Waals surface area contributed by atoms with Gasteiger partial charge in [-0.25, -0.2) is 9.78 Å². The highest BCUT2D eigenvalue weighted by atomic mass is 16.4. The lowest BCUT2D eigenvalue weighted by Crippen LogP contribution is -2.46. The first kappa shape index (κ1) is 18.0. The minimum atomic E-state index is -0.922. The Bertz CT molecular complexity index is 871. The van der Waals surface area contributed by atoms with E-state index >= 15 is 0 Å². The SMILES string of the molecule is Cc1cccc(C)c1-c1nc(C(=O)O)c(CCC23CC4CC(CC(C4)C2)C3)[nH]1.